The van der Waals surface area contributed by atoms with Crippen LogP contribution in [0, 0.1) is 11.3 Å². The number of ether oxygens (including phenoxy) is 1. The Morgan fingerprint density at radius 1 is 1.12 bits per heavy atom. The van der Waals surface area contributed by atoms with Gasteiger partial charge >= 0.3 is 0 Å². The van der Waals surface area contributed by atoms with Crippen LogP contribution in [0.3, 0.4) is 0 Å². The smallest absolute Gasteiger partial charge is 0.0590 e. The van der Waals surface area contributed by atoms with Crippen molar-refractivity contribution in [2.75, 3.05) is 19.8 Å². The summed E-state index contributed by atoms with van der Waals surface area (Å²) in [6, 6.07) is 0.736. The predicted octanol–water partition coefficient (Wildman–Crippen LogP) is 3.61. The minimum atomic E-state index is 0.538. The second kappa shape index (κ2) is 7.38. The Balaban J connectivity index is 2.17. The van der Waals surface area contributed by atoms with Crippen LogP contribution in [0.1, 0.15) is 59.8 Å². The lowest BCUT2D eigenvalue weighted by atomic mass is 9.69. The van der Waals surface area contributed by atoms with Crippen molar-refractivity contribution in [3.63, 3.8) is 0 Å². The summed E-state index contributed by atoms with van der Waals surface area (Å²) in [5.41, 5.74) is 0.538. The van der Waals surface area contributed by atoms with E-state index in [-0.39, 0.29) is 0 Å². The van der Waals surface area contributed by atoms with Gasteiger partial charge in [-0.3, -0.25) is 0 Å². The Hall–Kier alpha value is -0.0800. The van der Waals surface area contributed by atoms with Crippen LogP contribution in [-0.4, -0.2) is 25.8 Å². The van der Waals surface area contributed by atoms with Gasteiger partial charge in [-0.05, 0) is 43.9 Å². The monoisotopic (exact) mass is 241 g/mol. The minimum Gasteiger partial charge on any atom is -0.380 e. The molecule has 0 aromatic carbocycles. The van der Waals surface area contributed by atoms with Gasteiger partial charge in [0.15, 0.2) is 0 Å². The van der Waals surface area contributed by atoms with E-state index < -0.39 is 0 Å². The van der Waals surface area contributed by atoms with E-state index >= 15 is 0 Å². The first-order chi connectivity index (χ1) is 8.10. The van der Waals surface area contributed by atoms with Crippen LogP contribution >= 0.6 is 0 Å². The zero-order valence-corrected chi connectivity index (χ0v) is 12.2. The maximum Gasteiger partial charge on any atom is 0.0590 e. The molecule has 1 aliphatic carbocycles. The molecule has 1 N–H and O–H groups in total. The molecular formula is C15H31NO. The molecule has 0 bridgehead atoms. The first kappa shape index (κ1) is 15.0. The summed E-state index contributed by atoms with van der Waals surface area (Å²) in [6.07, 6.45) is 6.79. The SMILES string of the molecule is CCOCCNC1CCC(C(C)(C)CC)CC1. The van der Waals surface area contributed by atoms with E-state index in [9.17, 15) is 0 Å². The molecule has 0 radical (unpaired) electrons. The van der Waals surface area contributed by atoms with Gasteiger partial charge in [0.25, 0.3) is 0 Å². The zero-order valence-electron chi connectivity index (χ0n) is 12.2. The molecule has 0 spiro atoms. The molecule has 2 heteroatoms. The summed E-state index contributed by atoms with van der Waals surface area (Å²) in [7, 11) is 0. The van der Waals surface area contributed by atoms with Gasteiger partial charge in [0.2, 0.25) is 0 Å². The highest BCUT2D eigenvalue weighted by molar-refractivity contribution is 4.84. The van der Waals surface area contributed by atoms with Crippen LogP contribution in [0.4, 0.5) is 0 Å². The van der Waals surface area contributed by atoms with Gasteiger partial charge in [-0.2, -0.15) is 0 Å². The third kappa shape index (κ3) is 4.97. The van der Waals surface area contributed by atoms with Crippen molar-refractivity contribution in [1.82, 2.24) is 5.32 Å². The molecule has 0 aromatic rings. The lowest BCUT2D eigenvalue weighted by Crippen LogP contribution is -2.38. The van der Waals surface area contributed by atoms with E-state index in [1.165, 1.54) is 32.1 Å². The normalized spacial score (nSPS) is 26.1. The quantitative estimate of drug-likeness (QED) is 0.688. The molecule has 0 aliphatic heterocycles. The standard InChI is InChI=1S/C15H31NO/c1-5-15(3,4)13-7-9-14(10-8-13)16-11-12-17-6-2/h13-14,16H,5-12H2,1-4H3. The Kier molecular flexibility index (Phi) is 6.50. The molecule has 1 rings (SSSR count). The summed E-state index contributed by atoms with van der Waals surface area (Å²) in [5, 5.41) is 3.62. The van der Waals surface area contributed by atoms with Crippen LogP contribution in [0.25, 0.3) is 0 Å². The maximum atomic E-state index is 5.35. The van der Waals surface area contributed by atoms with E-state index in [0.29, 0.717) is 5.41 Å². The summed E-state index contributed by atoms with van der Waals surface area (Å²) < 4.78 is 5.35. The summed E-state index contributed by atoms with van der Waals surface area (Å²) >= 11 is 0. The molecule has 17 heavy (non-hydrogen) atoms. The molecule has 2 nitrogen and oxygen atoms in total. The molecule has 1 aliphatic rings. The summed E-state index contributed by atoms with van der Waals surface area (Å²) in [4.78, 5) is 0. The van der Waals surface area contributed by atoms with E-state index in [4.69, 9.17) is 4.74 Å². The first-order valence-corrected chi connectivity index (χ1v) is 7.41. The Morgan fingerprint density at radius 3 is 2.29 bits per heavy atom. The van der Waals surface area contributed by atoms with E-state index in [0.717, 1.165) is 31.7 Å². The lowest BCUT2D eigenvalue weighted by molar-refractivity contribution is 0.123. The van der Waals surface area contributed by atoms with Gasteiger partial charge in [0, 0.05) is 19.2 Å². The third-order valence-corrected chi connectivity index (χ3v) is 4.63. The molecular weight excluding hydrogens is 210 g/mol. The highest BCUT2D eigenvalue weighted by atomic mass is 16.5. The fourth-order valence-electron chi connectivity index (χ4n) is 2.85. The lowest BCUT2D eigenvalue weighted by Gasteiger charge is -2.39. The molecule has 0 saturated heterocycles. The molecule has 0 unspecified atom stereocenters. The van der Waals surface area contributed by atoms with Crippen LogP contribution in [0.15, 0.2) is 0 Å². The van der Waals surface area contributed by atoms with Crippen molar-refractivity contribution in [2.45, 2.75) is 65.8 Å². The fraction of sp³-hybridized carbons (Fsp3) is 1.00. The Labute approximate surface area is 108 Å². The van der Waals surface area contributed by atoms with Crippen molar-refractivity contribution in [2.24, 2.45) is 11.3 Å². The number of rotatable bonds is 7. The van der Waals surface area contributed by atoms with Crippen molar-refractivity contribution >= 4 is 0 Å². The van der Waals surface area contributed by atoms with E-state index in [2.05, 4.69) is 33.0 Å². The minimum absolute atomic E-state index is 0.538. The van der Waals surface area contributed by atoms with Crippen LogP contribution in [-0.2, 0) is 4.74 Å². The van der Waals surface area contributed by atoms with Crippen molar-refractivity contribution < 1.29 is 4.74 Å². The van der Waals surface area contributed by atoms with Crippen LogP contribution in [0.5, 0.6) is 0 Å². The van der Waals surface area contributed by atoms with Gasteiger partial charge in [-0.1, -0.05) is 27.2 Å². The molecule has 0 amide bonds. The zero-order chi connectivity index (χ0) is 12.7. The van der Waals surface area contributed by atoms with Gasteiger partial charge in [0.05, 0.1) is 6.61 Å². The molecule has 102 valence electrons. The highest BCUT2D eigenvalue weighted by Gasteiger charge is 2.31. The number of hydrogen-bond acceptors (Lipinski definition) is 2. The topological polar surface area (TPSA) is 21.3 Å². The Morgan fingerprint density at radius 2 is 1.76 bits per heavy atom. The fourth-order valence-corrected chi connectivity index (χ4v) is 2.85. The van der Waals surface area contributed by atoms with Gasteiger partial charge < -0.3 is 10.1 Å². The summed E-state index contributed by atoms with van der Waals surface area (Å²) in [5.74, 6) is 0.928. The van der Waals surface area contributed by atoms with E-state index in [1.54, 1.807) is 0 Å². The van der Waals surface area contributed by atoms with Crippen molar-refractivity contribution in [3.8, 4) is 0 Å². The van der Waals surface area contributed by atoms with Crippen LogP contribution < -0.4 is 5.32 Å². The van der Waals surface area contributed by atoms with Gasteiger partial charge in [-0.15, -0.1) is 0 Å². The van der Waals surface area contributed by atoms with Crippen molar-refractivity contribution in [1.29, 1.82) is 0 Å². The van der Waals surface area contributed by atoms with Crippen LogP contribution in [0.2, 0.25) is 0 Å². The predicted molar refractivity (Wildman–Crippen MR) is 74.3 cm³/mol. The molecule has 1 saturated carbocycles. The average Bonchev–Trinajstić information content (AvgIpc) is 2.35. The maximum absolute atomic E-state index is 5.35. The summed E-state index contributed by atoms with van der Waals surface area (Å²) in [6.45, 7) is 11.9. The van der Waals surface area contributed by atoms with E-state index in [1.807, 2.05) is 0 Å². The largest absolute Gasteiger partial charge is 0.380 e. The molecule has 0 atom stereocenters. The van der Waals surface area contributed by atoms with Crippen molar-refractivity contribution in [3.05, 3.63) is 0 Å². The Bertz CT molecular complexity index is 195. The highest BCUT2D eigenvalue weighted by Crippen LogP contribution is 2.40. The average molecular weight is 241 g/mol. The molecule has 0 aromatic heterocycles. The second-order valence-corrected chi connectivity index (χ2v) is 6.04. The van der Waals surface area contributed by atoms with Gasteiger partial charge in [0.1, 0.15) is 0 Å². The second-order valence-electron chi connectivity index (χ2n) is 6.04. The molecule has 0 heterocycles. The first-order valence-electron chi connectivity index (χ1n) is 7.41. The number of nitrogens with one attached hydrogen (secondary N) is 1. The van der Waals surface area contributed by atoms with Gasteiger partial charge in [-0.25, -0.2) is 0 Å². The number of hydrogen-bond donors (Lipinski definition) is 1. The molecule has 1 fully saturated rings. The third-order valence-electron chi connectivity index (χ3n) is 4.63.